The van der Waals surface area contributed by atoms with E-state index < -0.39 is 9.84 Å². The van der Waals surface area contributed by atoms with Gasteiger partial charge in [-0.25, -0.2) is 8.42 Å². The van der Waals surface area contributed by atoms with Crippen LogP contribution in [0.3, 0.4) is 0 Å². The largest absolute Gasteiger partial charge is 0.388 e. The molecule has 1 heterocycles. The van der Waals surface area contributed by atoms with Gasteiger partial charge in [-0.15, -0.1) is 11.3 Å². The van der Waals surface area contributed by atoms with E-state index in [-0.39, 0.29) is 35.1 Å². The number of aryl methyl sites for hydroxylation is 2. The molecular weight excluding hydrogens is 711 g/mol. The Morgan fingerprint density at radius 2 is 1.49 bits per heavy atom. The van der Waals surface area contributed by atoms with Crippen LogP contribution in [0.25, 0.3) is 0 Å². The highest BCUT2D eigenvalue weighted by Crippen LogP contribution is 2.27. The molecule has 3 aromatic rings. The predicted molar refractivity (Wildman–Crippen MR) is 219 cm³/mol. The fourth-order valence-electron chi connectivity index (χ4n) is 4.36. The first-order chi connectivity index (χ1) is 25.2. The van der Waals surface area contributed by atoms with E-state index in [0.717, 1.165) is 23.4 Å². The number of hydrogen-bond donors (Lipinski definition) is 4. The minimum absolute atomic E-state index is 0.0137. The number of carbonyl (C=O) groups excluding carboxylic acids is 3. The Balaban J connectivity index is 0.00000116. The highest BCUT2D eigenvalue weighted by atomic mass is 32.2. The molecule has 0 aliphatic heterocycles. The Morgan fingerprint density at radius 3 is 1.92 bits per heavy atom. The molecule has 0 saturated heterocycles. The van der Waals surface area contributed by atoms with Gasteiger partial charge in [-0.2, -0.15) is 0 Å². The van der Waals surface area contributed by atoms with Crippen molar-refractivity contribution in [1.82, 2.24) is 26.3 Å². The van der Waals surface area contributed by atoms with Gasteiger partial charge in [0.15, 0.2) is 0 Å². The second-order valence-corrected chi connectivity index (χ2v) is 15.8. The van der Waals surface area contributed by atoms with Crippen LogP contribution in [-0.2, 0) is 19.4 Å². The van der Waals surface area contributed by atoms with Crippen molar-refractivity contribution < 1.29 is 27.5 Å². The molecule has 0 radical (unpaired) electrons. The van der Waals surface area contributed by atoms with Gasteiger partial charge in [-0.3, -0.25) is 19.4 Å². The smallest absolute Gasteiger partial charge is 0.251 e. The summed E-state index contributed by atoms with van der Waals surface area (Å²) in [5, 5.41) is 13.9. The van der Waals surface area contributed by atoms with E-state index in [1.807, 2.05) is 89.7 Å². The monoisotopic (exact) mass is 775 g/mol. The topological polar surface area (TPSA) is 156 Å². The molecule has 3 atom stereocenters. The van der Waals surface area contributed by atoms with E-state index in [2.05, 4.69) is 31.0 Å². The van der Waals surface area contributed by atoms with Crippen LogP contribution in [0.4, 0.5) is 0 Å². The number of hydrogen-bond acceptors (Lipinski definition) is 9. The van der Waals surface area contributed by atoms with E-state index in [4.69, 9.17) is 0 Å². The highest BCUT2D eigenvalue weighted by Gasteiger charge is 2.23. The molecule has 1 fully saturated rings. The number of carbonyl (C=O) groups is 3. The fraction of sp³-hybridized carbons (Fsp3) is 0.550. The summed E-state index contributed by atoms with van der Waals surface area (Å²) in [4.78, 5) is 41.7. The summed E-state index contributed by atoms with van der Waals surface area (Å²) in [5.41, 5.74) is 5.67. The average Bonchev–Trinajstić information content (AvgIpc) is 3.86. The fourth-order valence-corrected chi connectivity index (χ4v) is 5.51. The molecule has 4 rings (SSSR count). The maximum absolute atomic E-state index is 12.8. The summed E-state index contributed by atoms with van der Waals surface area (Å²) in [7, 11) is 0.497. The second kappa shape index (κ2) is 27.9. The predicted octanol–water partition coefficient (Wildman–Crippen LogP) is 6.68. The number of nitrogens with one attached hydrogen (secondary N) is 4. The van der Waals surface area contributed by atoms with Crippen LogP contribution >= 0.6 is 11.3 Å². The molecule has 4 N–H and O–H groups in total. The maximum atomic E-state index is 12.8. The van der Waals surface area contributed by atoms with Crippen LogP contribution in [0.2, 0.25) is 0 Å². The van der Waals surface area contributed by atoms with Crippen molar-refractivity contribution >= 4 is 38.9 Å². The van der Waals surface area contributed by atoms with Crippen molar-refractivity contribution in [3.05, 3.63) is 87.4 Å². The lowest BCUT2D eigenvalue weighted by atomic mass is 10.0. The average molecular weight is 776 g/mol. The van der Waals surface area contributed by atoms with Gasteiger partial charge in [0.05, 0.1) is 22.8 Å². The van der Waals surface area contributed by atoms with Gasteiger partial charge in [0.1, 0.15) is 9.84 Å². The molecule has 1 saturated carbocycles. The summed E-state index contributed by atoms with van der Waals surface area (Å²) in [6.07, 6.45) is 5.05. The summed E-state index contributed by atoms with van der Waals surface area (Å²) < 4.78 is 25.4. The SMILES string of the molecule is CC.CCC(C)S(C)(=O)=O.CCC(NCCNC(=O)c1cc(C)cc(C(=O)N[C@H](C)c2ccccc2)c1)C(=O)NCC1CC1.COC.Cc1cscn1. The first-order valence-corrected chi connectivity index (χ1v) is 21.3. The third kappa shape index (κ3) is 22.2. The van der Waals surface area contributed by atoms with Crippen molar-refractivity contribution in [3.8, 4) is 0 Å². The maximum Gasteiger partial charge on any atom is 0.251 e. The van der Waals surface area contributed by atoms with Crippen LogP contribution < -0.4 is 21.3 Å². The molecule has 2 aromatic carbocycles. The number of amides is 3. The lowest BCUT2D eigenvalue weighted by molar-refractivity contribution is -0.123. The molecule has 298 valence electrons. The Bertz CT molecular complexity index is 1550. The molecule has 2 unspecified atom stereocenters. The lowest BCUT2D eigenvalue weighted by Crippen LogP contribution is -2.46. The third-order valence-corrected chi connectivity index (χ3v) is 10.4. The van der Waals surface area contributed by atoms with E-state index in [9.17, 15) is 22.8 Å². The Hall–Kier alpha value is -3.65. The van der Waals surface area contributed by atoms with Crippen molar-refractivity contribution in [2.24, 2.45) is 5.92 Å². The molecule has 1 aliphatic rings. The quantitative estimate of drug-likeness (QED) is 0.132. The first kappa shape index (κ1) is 49.4. The summed E-state index contributed by atoms with van der Waals surface area (Å²) in [6.45, 7) is 16.9. The zero-order valence-electron chi connectivity index (χ0n) is 33.7. The lowest BCUT2D eigenvalue weighted by Gasteiger charge is -2.17. The molecule has 0 spiro atoms. The zero-order valence-corrected chi connectivity index (χ0v) is 35.4. The van der Waals surface area contributed by atoms with Gasteiger partial charge in [0.2, 0.25) is 5.91 Å². The Morgan fingerprint density at radius 1 is 0.906 bits per heavy atom. The number of aromatic nitrogens is 1. The molecule has 13 heteroatoms. The number of sulfone groups is 1. The molecule has 53 heavy (non-hydrogen) atoms. The summed E-state index contributed by atoms with van der Waals surface area (Å²) >= 11 is 1.63. The molecule has 0 bridgehead atoms. The van der Waals surface area contributed by atoms with Crippen LogP contribution in [0.5, 0.6) is 0 Å². The number of benzene rings is 2. The van der Waals surface area contributed by atoms with E-state index >= 15 is 0 Å². The minimum atomic E-state index is -2.75. The second-order valence-electron chi connectivity index (χ2n) is 12.6. The first-order valence-electron chi connectivity index (χ1n) is 18.4. The van der Waals surface area contributed by atoms with Gasteiger partial charge in [-0.05, 0) is 88.6 Å². The molecule has 3 amide bonds. The number of ether oxygens (including phenoxy) is 1. The number of methoxy groups -OCH3 is 1. The Kier molecular flexibility index (Phi) is 26.0. The van der Waals surface area contributed by atoms with Crippen molar-refractivity contribution in [2.45, 2.75) is 98.4 Å². The van der Waals surface area contributed by atoms with Crippen LogP contribution in [0.1, 0.15) is 111 Å². The number of rotatable bonds is 14. The Labute approximate surface area is 323 Å². The summed E-state index contributed by atoms with van der Waals surface area (Å²) in [6, 6.07) is 14.5. The molecule has 1 aromatic heterocycles. The van der Waals surface area contributed by atoms with Gasteiger partial charge >= 0.3 is 0 Å². The van der Waals surface area contributed by atoms with Crippen molar-refractivity contribution in [2.75, 3.05) is 40.1 Å². The standard InChI is InChI=1S/C27H36N4O3.C5H12O2S.C4H5NS.C2H6O.C2H6/c1-4-24(27(34)30-17-20-10-11-20)28-12-13-29-25(32)22-14-18(2)15-23(16-22)26(33)31-19(3)21-8-6-5-7-9-21;1-4-5(2)8(3,6)7;1-4-2-6-3-5-4;1-3-2;1-2/h5-9,14-16,19-20,24,28H,4,10-13,17H2,1-3H3,(H,29,32)(H,30,34)(H,31,33);5H,4H2,1-3H3;2-3H,1H3;1-2H3;1-2H3/t19-,24?;;;;/m1..../s1. The molecule has 1 aliphatic carbocycles. The van der Waals surface area contributed by atoms with Gasteiger partial charge in [-0.1, -0.05) is 58.0 Å². The van der Waals surface area contributed by atoms with Gasteiger partial charge in [0.25, 0.3) is 11.8 Å². The van der Waals surface area contributed by atoms with Crippen LogP contribution in [-0.4, -0.2) is 82.5 Å². The van der Waals surface area contributed by atoms with Crippen molar-refractivity contribution in [3.63, 3.8) is 0 Å². The van der Waals surface area contributed by atoms with Gasteiger partial charge < -0.3 is 26.0 Å². The van der Waals surface area contributed by atoms with Crippen LogP contribution in [0, 0.1) is 19.8 Å². The zero-order chi connectivity index (χ0) is 40.4. The molecule has 11 nitrogen and oxygen atoms in total. The molecular formula is C40H65N5O6S2. The highest BCUT2D eigenvalue weighted by molar-refractivity contribution is 7.91. The number of nitrogens with zero attached hydrogens (tertiary/aromatic N) is 1. The van der Waals surface area contributed by atoms with Crippen LogP contribution in [0.15, 0.2) is 59.4 Å². The minimum Gasteiger partial charge on any atom is -0.388 e. The van der Waals surface area contributed by atoms with E-state index in [1.165, 1.54) is 19.1 Å². The number of thiazole rings is 1. The van der Waals surface area contributed by atoms with E-state index in [1.54, 1.807) is 50.7 Å². The normalized spacial score (nSPS) is 13.3. The van der Waals surface area contributed by atoms with Gasteiger partial charge in [0, 0.05) is 62.3 Å². The third-order valence-electron chi connectivity index (χ3n) is 7.90. The summed E-state index contributed by atoms with van der Waals surface area (Å²) in [5.74, 6) is 0.184. The van der Waals surface area contributed by atoms with E-state index in [0.29, 0.717) is 43.0 Å². The van der Waals surface area contributed by atoms with Crippen molar-refractivity contribution in [1.29, 1.82) is 0 Å².